The predicted molar refractivity (Wildman–Crippen MR) is 160 cm³/mol. The lowest BCUT2D eigenvalue weighted by Gasteiger charge is -2.33. The number of carbonyl (C=O) groups excluding carboxylic acids is 2. The number of hydrogen-bond donors (Lipinski definition) is 1. The molecule has 3 aromatic rings. The van der Waals surface area contributed by atoms with E-state index in [2.05, 4.69) is 5.32 Å². The molecule has 2 aliphatic rings. The van der Waals surface area contributed by atoms with Crippen molar-refractivity contribution < 1.29 is 31.9 Å². The highest BCUT2D eigenvalue weighted by Gasteiger charge is 2.33. The summed E-state index contributed by atoms with van der Waals surface area (Å²) in [5.74, 6) is -0.496. The van der Waals surface area contributed by atoms with Gasteiger partial charge in [0.2, 0.25) is 11.8 Å². The van der Waals surface area contributed by atoms with Crippen LogP contribution in [-0.4, -0.2) is 57.0 Å². The molecule has 0 aromatic heterocycles. The Morgan fingerprint density at radius 1 is 0.930 bits per heavy atom. The summed E-state index contributed by atoms with van der Waals surface area (Å²) < 4.78 is 53.9. The van der Waals surface area contributed by atoms with Gasteiger partial charge in [0, 0.05) is 18.7 Å². The van der Waals surface area contributed by atoms with Gasteiger partial charge >= 0.3 is 0 Å². The number of rotatable bonds is 10. The van der Waals surface area contributed by atoms with Crippen LogP contribution in [0.15, 0.2) is 77.7 Å². The first-order chi connectivity index (χ1) is 20.7. The van der Waals surface area contributed by atoms with E-state index < -0.39 is 34.3 Å². The minimum Gasteiger partial charge on any atom is -0.486 e. The fraction of sp³-hybridized carbons (Fsp3) is 0.375. The van der Waals surface area contributed by atoms with E-state index in [1.54, 1.807) is 49.4 Å². The van der Waals surface area contributed by atoms with E-state index in [0.29, 0.717) is 30.3 Å². The zero-order valence-electron chi connectivity index (χ0n) is 24.1. The van der Waals surface area contributed by atoms with Crippen molar-refractivity contribution in [2.75, 3.05) is 24.1 Å². The lowest BCUT2D eigenvalue weighted by molar-refractivity contribution is -0.139. The first kappa shape index (κ1) is 30.3. The molecule has 0 bridgehead atoms. The van der Waals surface area contributed by atoms with Crippen molar-refractivity contribution in [1.29, 1.82) is 0 Å². The minimum atomic E-state index is -4.22. The Kier molecular flexibility index (Phi) is 9.49. The van der Waals surface area contributed by atoms with Crippen LogP contribution in [0.4, 0.5) is 10.1 Å². The molecule has 1 atom stereocenters. The highest BCUT2D eigenvalue weighted by Crippen LogP contribution is 2.36. The lowest BCUT2D eigenvalue weighted by Crippen LogP contribution is -2.53. The Balaban J connectivity index is 1.47. The molecule has 0 spiro atoms. The fourth-order valence-electron chi connectivity index (χ4n) is 5.37. The number of fused-ring (bicyclic) bond motifs is 1. The number of halogens is 1. The van der Waals surface area contributed by atoms with Crippen LogP contribution in [0.3, 0.4) is 0 Å². The monoisotopic (exact) mass is 609 g/mol. The van der Waals surface area contributed by atoms with Crippen LogP contribution in [0.5, 0.6) is 11.5 Å². The van der Waals surface area contributed by atoms with Gasteiger partial charge in [-0.05, 0) is 61.7 Å². The first-order valence-electron chi connectivity index (χ1n) is 14.5. The van der Waals surface area contributed by atoms with E-state index in [1.165, 1.54) is 35.2 Å². The molecule has 0 saturated heterocycles. The summed E-state index contributed by atoms with van der Waals surface area (Å²) >= 11 is 0. The molecule has 11 heteroatoms. The number of anilines is 1. The van der Waals surface area contributed by atoms with Crippen LogP contribution in [0.25, 0.3) is 0 Å². The van der Waals surface area contributed by atoms with Crippen LogP contribution < -0.4 is 19.1 Å². The van der Waals surface area contributed by atoms with Crippen molar-refractivity contribution in [2.45, 2.75) is 62.6 Å². The topological polar surface area (TPSA) is 105 Å². The second kappa shape index (κ2) is 13.5. The van der Waals surface area contributed by atoms with Gasteiger partial charge in [0.1, 0.15) is 31.6 Å². The fourth-order valence-corrected chi connectivity index (χ4v) is 6.80. The smallest absolute Gasteiger partial charge is 0.264 e. The Labute approximate surface area is 251 Å². The third kappa shape index (κ3) is 7.27. The molecule has 43 heavy (non-hydrogen) atoms. The summed E-state index contributed by atoms with van der Waals surface area (Å²) in [6.07, 6.45) is 4.93. The van der Waals surface area contributed by atoms with Gasteiger partial charge in [0.15, 0.2) is 11.5 Å². The van der Waals surface area contributed by atoms with Crippen LogP contribution in [-0.2, 0) is 26.2 Å². The number of benzene rings is 3. The van der Waals surface area contributed by atoms with E-state index in [1.807, 2.05) is 0 Å². The molecular formula is C32H36FN3O6S. The van der Waals surface area contributed by atoms with Crippen LogP contribution in [0, 0.1) is 5.82 Å². The molecule has 1 aliphatic heterocycles. The molecule has 5 rings (SSSR count). The highest BCUT2D eigenvalue weighted by atomic mass is 32.2. The molecule has 0 unspecified atom stereocenters. The lowest BCUT2D eigenvalue weighted by atomic mass is 9.95. The molecule has 228 valence electrons. The van der Waals surface area contributed by atoms with Crippen molar-refractivity contribution >= 4 is 27.5 Å². The van der Waals surface area contributed by atoms with Crippen molar-refractivity contribution in [3.63, 3.8) is 0 Å². The third-order valence-corrected chi connectivity index (χ3v) is 9.60. The first-order valence-corrected chi connectivity index (χ1v) is 16.0. The average molecular weight is 610 g/mol. The molecule has 1 heterocycles. The van der Waals surface area contributed by atoms with E-state index in [4.69, 9.17) is 9.47 Å². The summed E-state index contributed by atoms with van der Waals surface area (Å²) in [6.45, 7) is 1.70. The summed E-state index contributed by atoms with van der Waals surface area (Å²) in [7, 11) is -4.22. The number of ether oxygens (including phenoxy) is 2. The summed E-state index contributed by atoms with van der Waals surface area (Å²) in [5.41, 5.74) is 0.811. The van der Waals surface area contributed by atoms with Gasteiger partial charge in [-0.3, -0.25) is 13.9 Å². The van der Waals surface area contributed by atoms with Crippen LogP contribution in [0.1, 0.15) is 44.6 Å². The maximum absolute atomic E-state index is 14.1. The van der Waals surface area contributed by atoms with Crippen LogP contribution in [0.2, 0.25) is 0 Å². The number of hydrogen-bond acceptors (Lipinski definition) is 6. The quantitative estimate of drug-likeness (QED) is 0.359. The number of sulfonamides is 1. The minimum absolute atomic E-state index is 0.00543. The zero-order valence-corrected chi connectivity index (χ0v) is 24.9. The van der Waals surface area contributed by atoms with E-state index >= 15 is 0 Å². The number of amides is 2. The highest BCUT2D eigenvalue weighted by molar-refractivity contribution is 7.92. The van der Waals surface area contributed by atoms with Crippen molar-refractivity contribution in [3.05, 3.63) is 84.2 Å². The van der Waals surface area contributed by atoms with Gasteiger partial charge < -0.3 is 19.7 Å². The summed E-state index contributed by atoms with van der Waals surface area (Å²) in [6, 6.07) is 17.3. The second-order valence-electron chi connectivity index (χ2n) is 10.8. The van der Waals surface area contributed by atoms with Crippen molar-refractivity contribution in [2.24, 2.45) is 0 Å². The molecule has 1 N–H and O–H groups in total. The van der Waals surface area contributed by atoms with Crippen LogP contribution >= 0.6 is 0 Å². The number of carbonyl (C=O) groups is 2. The Hall–Kier alpha value is -4.12. The second-order valence-corrected chi connectivity index (χ2v) is 12.7. The van der Waals surface area contributed by atoms with Gasteiger partial charge in [-0.1, -0.05) is 49.6 Å². The number of nitrogens with zero attached hydrogens (tertiary/aromatic N) is 2. The molecular weight excluding hydrogens is 573 g/mol. The predicted octanol–water partition coefficient (Wildman–Crippen LogP) is 4.66. The van der Waals surface area contributed by atoms with Gasteiger partial charge in [-0.25, -0.2) is 12.8 Å². The van der Waals surface area contributed by atoms with E-state index in [-0.39, 0.29) is 29.1 Å². The van der Waals surface area contributed by atoms with Gasteiger partial charge in [0.25, 0.3) is 10.0 Å². The molecule has 1 aliphatic carbocycles. The molecule has 9 nitrogen and oxygen atoms in total. The Morgan fingerprint density at radius 2 is 1.60 bits per heavy atom. The largest absolute Gasteiger partial charge is 0.486 e. The Morgan fingerprint density at radius 3 is 2.30 bits per heavy atom. The zero-order chi connectivity index (χ0) is 30.4. The standard InChI is InChI=1S/C32H36FN3O6S/c1-23(32(38)34-26-8-4-2-5-9-26)35(21-24-12-14-25(33)15-13-24)31(37)22-36(43(39,40)28-10-6-3-7-11-28)27-16-17-29-30(20-27)42-19-18-41-29/h3,6-7,10-17,20,23,26H,2,4-5,8-9,18-19,21-22H2,1H3,(H,34,38)/t23-/m0/s1. The van der Waals surface area contributed by atoms with E-state index in [9.17, 15) is 22.4 Å². The number of nitrogens with one attached hydrogen (secondary N) is 1. The average Bonchev–Trinajstić information content (AvgIpc) is 3.03. The van der Waals surface area contributed by atoms with Gasteiger partial charge in [-0.15, -0.1) is 0 Å². The maximum atomic E-state index is 14.1. The van der Waals surface area contributed by atoms with Gasteiger partial charge in [0.05, 0.1) is 10.6 Å². The molecule has 1 saturated carbocycles. The molecule has 2 amide bonds. The Bertz CT molecular complexity index is 1530. The third-order valence-electron chi connectivity index (χ3n) is 7.81. The van der Waals surface area contributed by atoms with Crippen molar-refractivity contribution in [3.8, 4) is 11.5 Å². The molecule has 0 radical (unpaired) electrons. The molecule has 1 fully saturated rings. The summed E-state index contributed by atoms with van der Waals surface area (Å²) in [4.78, 5) is 28.9. The maximum Gasteiger partial charge on any atom is 0.264 e. The summed E-state index contributed by atoms with van der Waals surface area (Å²) in [5, 5.41) is 3.07. The van der Waals surface area contributed by atoms with Gasteiger partial charge in [-0.2, -0.15) is 0 Å². The van der Waals surface area contributed by atoms with E-state index in [0.717, 1.165) is 36.4 Å². The van der Waals surface area contributed by atoms with Crippen molar-refractivity contribution in [1.82, 2.24) is 10.2 Å². The SMILES string of the molecule is C[C@@H](C(=O)NC1CCCCC1)N(Cc1ccc(F)cc1)C(=O)CN(c1ccc2c(c1)OCCO2)S(=O)(=O)c1ccccc1. The molecule has 3 aromatic carbocycles. The normalized spacial score (nSPS) is 15.8.